The molecule has 23 heavy (non-hydrogen) atoms. The number of amides is 1. The van der Waals surface area contributed by atoms with Gasteiger partial charge in [-0.1, -0.05) is 13.8 Å². The van der Waals surface area contributed by atoms with Gasteiger partial charge < -0.3 is 9.88 Å². The van der Waals surface area contributed by atoms with Crippen LogP contribution in [-0.4, -0.2) is 36.5 Å². The Morgan fingerprint density at radius 1 is 1.30 bits per heavy atom. The van der Waals surface area contributed by atoms with Crippen LogP contribution in [0.4, 0.5) is 0 Å². The van der Waals surface area contributed by atoms with Crippen LogP contribution in [0.5, 0.6) is 0 Å². The van der Waals surface area contributed by atoms with Crippen LogP contribution in [0.25, 0.3) is 0 Å². The fourth-order valence-corrected chi connectivity index (χ4v) is 3.10. The van der Waals surface area contributed by atoms with E-state index in [1.807, 2.05) is 6.92 Å². The molecule has 0 aliphatic rings. The van der Waals surface area contributed by atoms with E-state index in [1.165, 1.54) is 6.20 Å². The Morgan fingerprint density at radius 2 is 1.96 bits per heavy atom. The highest BCUT2D eigenvalue weighted by Crippen LogP contribution is 2.08. The Hall–Kier alpha value is -1.41. The van der Waals surface area contributed by atoms with E-state index in [0.29, 0.717) is 11.7 Å². The van der Waals surface area contributed by atoms with Gasteiger partial charge in [0.15, 0.2) is 5.03 Å². The first kappa shape index (κ1) is 19.6. The van der Waals surface area contributed by atoms with Crippen LogP contribution in [0.1, 0.15) is 45.9 Å². The largest absolute Gasteiger partial charge is 0.354 e. The Kier molecular flexibility index (Phi) is 7.21. The smallest absolute Gasteiger partial charge is 0.259 e. The molecule has 8 heteroatoms. The molecule has 0 aromatic carbocycles. The molecule has 1 aromatic heterocycles. The molecule has 1 atom stereocenters. The van der Waals surface area contributed by atoms with Gasteiger partial charge in [-0.15, -0.1) is 0 Å². The Balaban J connectivity index is 2.39. The molecule has 0 bridgehead atoms. The number of hydrogen-bond donors (Lipinski definition) is 2. The molecule has 1 heterocycles. The lowest BCUT2D eigenvalue weighted by Crippen LogP contribution is -2.35. The number of imidazole rings is 1. The normalized spacial score (nSPS) is 13.3. The predicted octanol–water partition coefficient (Wildman–Crippen LogP) is 1.34. The molecule has 0 saturated carbocycles. The number of nitrogens with zero attached hydrogens (tertiary/aromatic N) is 2. The summed E-state index contributed by atoms with van der Waals surface area (Å²) in [7, 11) is -1.94. The van der Waals surface area contributed by atoms with Crippen molar-refractivity contribution in [3.63, 3.8) is 0 Å². The van der Waals surface area contributed by atoms with E-state index < -0.39 is 10.0 Å². The van der Waals surface area contributed by atoms with E-state index in [4.69, 9.17) is 0 Å². The van der Waals surface area contributed by atoms with Crippen molar-refractivity contribution in [1.29, 1.82) is 0 Å². The number of aromatic nitrogens is 2. The molecule has 1 rings (SSSR count). The first-order valence-corrected chi connectivity index (χ1v) is 9.39. The molecule has 0 unspecified atom stereocenters. The molecule has 0 spiro atoms. The van der Waals surface area contributed by atoms with E-state index in [-0.39, 0.29) is 29.9 Å². The molecular weight excluding hydrogens is 316 g/mol. The van der Waals surface area contributed by atoms with Gasteiger partial charge in [-0.3, -0.25) is 4.79 Å². The number of aryl methyl sites for hydroxylation is 2. The van der Waals surface area contributed by atoms with Crippen LogP contribution in [0.15, 0.2) is 11.2 Å². The van der Waals surface area contributed by atoms with Crippen molar-refractivity contribution in [2.75, 3.05) is 6.54 Å². The molecular formula is C15H28N4O3S. The molecule has 0 fully saturated rings. The summed E-state index contributed by atoms with van der Waals surface area (Å²) in [4.78, 5) is 15.8. The summed E-state index contributed by atoms with van der Waals surface area (Å²) in [5, 5.41) is 2.86. The third-order valence-electron chi connectivity index (χ3n) is 3.59. The summed E-state index contributed by atoms with van der Waals surface area (Å²) >= 11 is 0. The van der Waals surface area contributed by atoms with Gasteiger partial charge in [0.1, 0.15) is 5.82 Å². The summed E-state index contributed by atoms with van der Waals surface area (Å²) in [6, 6.07) is 0.0972. The third kappa shape index (κ3) is 6.70. The summed E-state index contributed by atoms with van der Waals surface area (Å²) in [6.07, 6.45) is 3.53. The maximum absolute atomic E-state index is 12.1. The first-order valence-electron chi connectivity index (χ1n) is 7.90. The van der Waals surface area contributed by atoms with Gasteiger partial charge in [-0.25, -0.2) is 18.1 Å². The van der Waals surface area contributed by atoms with Gasteiger partial charge in [-0.05, 0) is 32.6 Å². The second-order valence-electron chi connectivity index (χ2n) is 6.32. The highest BCUT2D eigenvalue weighted by molar-refractivity contribution is 7.89. The zero-order valence-electron chi connectivity index (χ0n) is 14.6. The zero-order chi connectivity index (χ0) is 17.6. The molecule has 0 saturated heterocycles. The fraction of sp³-hybridized carbons (Fsp3) is 0.733. The van der Waals surface area contributed by atoms with Crippen molar-refractivity contribution >= 4 is 15.9 Å². The number of carbonyl (C=O) groups is 1. The molecule has 1 aromatic rings. The quantitative estimate of drug-likeness (QED) is 0.707. The summed E-state index contributed by atoms with van der Waals surface area (Å²) in [5.41, 5.74) is 0. The molecule has 132 valence electrons. The lowest BCUT2D eigenvalue weighted by molar-refractivity contribution is -0.121. The van der Waals surface area contributed by atoms with Crippen LogP contribution >= 0.6 is 0 Å². The SMILES string of the molecule is Cc1nc(S(=O)(=O)NCCC(=O)N[C@H](C)CCC(C)C)cn1C. The third-order valence-corrected chi connectivity index (χ3v) is 4.92. The van der Waals surface area contributed by atoms with Crippen LogP contribution in [0.3, 0.4) is 0 Å². The Morgan fingerprint density at radius 3 is 2.48 bits per heavy atom. The molecule has 7 nitrogen and oxygen atoms in total. The van der Waals surface area contributed by atoms with E-state index in [0.717, 1.165) is 12.8 Å². The van der Waals surface area contributed by atoms with Gasteiger partial charge in [0.05, 0.1) is 0 Å². The van der Waals surface area contributed by atoms with Gasteiger partial charge in [0.2, 0.25) is 5.91 Å². The highest BCUT2D eigenvalue weighted by Gasteiger charge is 2.18. The Bertz CT molecular complexity index is 603. The fourth-order valence-electron chi connectivity index (χ4n) is 2.03. The zero-order valence-corrected chi connectivity index (χ0v) is 15.4. The molecule has 0 aliphatic carbocycles. The van der Waals surface area contributed by atoms with Crippen LogP contribution < -0.4 is 10.0 Å². The molecule has 1 amide bonds. The van der Waals surface area contributed by atoms with Crippen LogP contribution in [0.2, 0.25) is 0 Å². The topological polar surface area (TPSA) is 93.1 Å². The predicted molar refractivity (Wildman–Crippen MR) is 89.4 cm³/mol. The number of rotatable bonds is 9. The van der Waals surface area contributed by atoms with Crippen molar-refractivity contribution in [2.24, 2.45) is 13.0 Å². The van der Waals surface area contributed by atoms with Crippen LogP contribution in [-0.2, 0) is 21.9 Å². The van der Waals surface area contributed by atoms with E-state index in [2.05, 4.69) is 28.9 Å². The van der Waals surface area contributed by atoms with Gasteiger partial charge in [0.25, 0.3) is 10.0 Å². The maximum atomic E-state index is 12.1. The maximum Gasteiger partial charge on any atom is 0.259 e. The minimum Gasteiger partial charge on any atom is -0.354 e. The average Bonchev–Trinajstić information content (AvgIpc) is 2.77. The second-order valence-corrected chi connectivity index (χ2v) is 8.04. The standard InChI is InChI=1S/C15H28N4O3S/c1-11(2)6-7-12(3)17-14(20)8-9-16-23(21,22)15-10-19(5)13(4)18-15/h10-12,16H,6-9H2,1-5H3,(H,17,20)/t12-/m1/s1. The summed E-state index contributed by atoms with van der Waals surface area (Å²) < 4.78 is 28.2. The summed E-state index contributed by atoms with van der Waals surface area (Å²) in [5.74, 6) is 1.06. The molecule has 2 N–H and O–H groups in total. The first-order chi connectivity index (χ1) is 10.6. The molecule has 0 aliphatic heterocycles. The summed E-state index contributed by atoms with van der Waals surface area (Å²) in [6.45, 7) is 8.03. The monoisotopic (exact) mass is 344 g/mol. The lowest BCUT2D eigenvalue weighted by Gasteiger charge is -2.15. The van der Waals surface area contributed by atoms with Crippen molar-refractivity contribution in [1.82, 2.24) is 19.6 Å². The van der Waals surface area contributed by atoms with Gasteiger partial charge >= 0.3 is 0 Å². The average molecular weight is 344 g/mol. The number of nitrogens with one attached hydrogen (secondary N) is 2. The van der Waals surface area contributed by atoms with Crippen molar-refractivity contribution < 1.29 is 13.2 Å². The minimum absolute atomic E-state index is 0.0248. The van der Waals surface area contributed by atoms with E-state index >= 15 is 0 Å². The number of sulfonamides is 1. The van der Waals surface area contributed by atoms with Gasteiger partial charge in [-0.2, -0.15) is 0 Å². The number of hydrogen-bond acceptors (Lipinski definition) is 4. The van der Waals surface area contributed by atoms with Crippen molar-refractivity contribution in [3.8, 4) is 0 Å². The van der Waals surface area contributed by atoms with Crippen molar-refractivity contribution in [3.05, 3.63) is 12.0 Å². The lowest BCUT2D eigenvalue weighted by atomic mass is 10.0. The van der Waals surface area contributed by atoms with Crippen LogP contribution in [0, 0.1) is 12.8 Å². The minimum atomic E-state index is -3.67. The molecule has 0 radical (unpaired) electrons. The number of carbonyl (C=O) groups excluding carboxylic acids is 1. The highest BCUT2D eigenvalue weighted by atomic mass is 32.2. The van der Waals surface area contributed by atoms with E-state index in [1.54, 1.807) is 18.5 Å². The van der Waals surface area contributed by atoms with Crippen molar-refractivity contribution in [2.45, 2.75) is 58.0 Å². The van der Waals surface area contributed by atoms with Gasteiger partial charge in [0, 0.05) is 32.3 Å². The Labute approximate surface area is 138 Å². The van der Waals surface area contributed by atoms with E-state index in [9.17, 15) is 13.2 Å². The second kappa shape index (κ2) is 8.44.